The molecule has 0 unspecified atom stereocenters. The second-order valence-electron chi connectivity index (χ2n) is 10.3. The van der Waals surface area contributed by atoms with Gasteiger partial charge in [0.15, 0.2) is 5.65 Å². The molecule has 3 aromatic heterocycles. The van der Waals surface area contributed by atoms with E-state index < -0.39 is 11.6 Å². The molecule has 1 aliphatic heterocycles. The second kappa shape index (κ2) is 9.59. The van der Waals surface area contributed by atoms with E-state index in [1.165, 1.54) is 0 Å². The lowest BCUT2D eigenvalue weighted by atomic mass is 10.0. The number of piperazine rings is 1. The van der Waals surface area contributed by atoms with Gasteiger partial charge in [-0.25, -0.2) is 4.52 Å². The Bertz CT molecular complexity index is 1480. The van der Waals surface area contributed by atoms with Gasteiger partial charge in [0.2, 0.25) is 11.9 Å². The number of fused-ring (bicyclic) bond motifs is 1. The Labute approximate surface area is 220 Å². The van der Waals surface area contributed by atoms with Gasteiger partial charge in [0.25, 0.3) is 0 Å². The molecule has 194 valence electrons. The first-order chi connectivity index (χ1) is 18.4. The van der Waals surface area contributed by atoms with Crippen LogP contribution >= 0.6 is 0 Å². The van der Waals surface area contributed by atoms with Crippen LogP contribution in [0.25, 0.3) is 16.8 Å². The van der Waals surface area contributed by atoms with Crippen molar-refractivity contribution < 1.29 is 9.21 Å². The van der Waals surface area contributed by atoms with Crippen LogP contribution in [-0.2, 0) is 11.2 Å². The summed E-state index contributed by atoms with van der Waals surface area (Å²) < 4.78 is 7.12. The topological polar surface area (TPSA) is 129 Å². The van der Waals surface area contributed by atoms with E-state index in [4.69, 9.17) is 20.2 Å². The summed E-state index contributed by atoms with van der Waals surface area (Å²) in [5.41, 5.74) is 9.02. The summed E-state index contributed by atoms with van der Waals surface area (Å²) in [6, 6.07) is 17.2. The molecule has 2 fully saturated rings. The molecule has 1 aromatic carbocycles. The van der Waals surface area contributed by atoms with E-state index in [9.17, 15) is 10.1 Å². The predicted octanol–water partition coefficient (Wildman–Crippen LogP) is 2.18. The lowest BCUT2D eigenvalue weighted by Crippen LogP contribution is -2.47. The third-order valence-electron chi connectivity index (χ3n) is 7.60. The van der Waals surface area contributed by atoms with E-state index in [1.807, 2.05) is 47.1 Å². The molecule has 0 spiro atoms. The summed E-state index contributed by atoms with van der Waals surface area (Å²) in [6.07, 6.45) is 4.39. The minimum absolute atomic E-state index is 0.0785. The third-order valence-corrected chi connectivity index (χ3v) is 7.60. The fourth-order valence-electron chi connectivity index (χ4n) is 5.10. The summed E-state index contributed by atoms with van der Waals surface area (Å²) in [7, 11) is 2.13. The molecule has 2 aliphatic rings. The molecule has 4 heterocycles. The molecule has 3 N–H and O–H groups in total. The lowest BCUT2D eigenvalue weighted by molar-refractivity contribution is -0.123. The van der Waals surface area contributed by atoms with Crippen LogP contribution in [0.2, 0.25) is 0 Å². The van der Waals surface area contributed by atoms with Gasteiger partial charge < -0.3 is 25.3 Å². The Morgan fingerprint density at radius 2 is 1.95 bits per heavy atom. The minimum Gasteiger partial charge on any atom is -0.469 e. The third kappa shape index (κ3) is 4.62. The number of carbonyl (C=O) groups excluding carboxylic acids is 1. The number of nitrogens with one attached hydrogen (secondary N) is 1. The molecular weight excluding hydrogens is 480 g/mol. The summed E-state index contributed by atoms with van der Waals surface area (Å²) in [5, 5.41) is 17.5. The van der Waals surface area contributed by atoms with Gasteiger partial charge in [0, 0.05) is 50.3 Å². The maximum atomic E-state index is 12.7. The fraction of sp³-hybridized carbons (Fsp3) is 0.357. The number of nitrogens with two attached hydrogens (primary N) is 1. The van der Waals surface area contributed by atoms with Gasteiger partial charge in [0.05, 0.1) is 18.4 Å². The second-order valence-corrected chi connectivity index (χ2v) is 10.3. The number of anilines is 1. The SMILES string of the molecule is CN1CCN(c2nc3ccc(-c4ccc([C@H]5C[C@@]5(C#N)NC(=O)[C@@H](N)Cc5ccco5)cc4)cn3n2)CC1. The van der Waals surface area contributed by atoms with Crippen LogP contribution in [-0.4, -0.2) is 70.2 Å². The highest BCUT2D eigenvalue weighted by Gasteiger charge is 2.57. The number of nitriles is 1. The van der Waals surface area contributed by atoms with E-state index >= 15 is 0 Å². The van der Waals surface area contributed by atoms with E-state index in [0.29, 0.717) is 12.2 Å². The Hall–Kier alpha value is -4.20. The molecule has 0 radical (unpaired) electrons. The zero-order chi connectivity index (χ0) is 26.3. The predicted molar refractivity (Wildman–Crippen MR) is 142 cm³/mol. The highest BCUT2D eigenvalue weighted by atomic mass is 16.3. The number of amides is 1. The smallest absolute Gasteiger partial charge is 0.245 e. The van der Waals surface area contributed by atoms with Gasteiger partial charge in [-0.3, -0.25) is 4.79 Å². The number of carbonyl (C=O) groups is 1. The number of nitrogens with zero attached hydrogens (tertiary/aromatic N) is 6. The lowest BCUT2D eigenvalue weighted by Gasteiger charge is -2.31. The molecule has 1 amide bonds. The quantitative estimate of drug-likeness (QED) is 0.387. The Morgan fingerprint density at radius 1 is 1.18 bits per heavy atom. The molecule has 3 atom stereocenters. The summed E-state index contributed by atoms with van der Waals surface area (Å²) in [4.78, 5) is 21.9. The van der Waals surface area contributed by atoms with Crippen molar-refractivity contribution in [3.63, 3.8) is 0 Å². The first kappa shape index (κ1) is 24.2. The first-order valence-corrected chi connectivity index (χ1v) is 12.9. The van der Waals surface area contributed by atoms with Gasteiger partial charge in [-0.05, 0) is 48.9 Å². The molecule has 10 nitrogen and oxygen atoms in total. The van der Waals surface area contributed by atoms with Crippen molar-refractivity contribution in [3.8, 4) is 17.2 Å². The zero-order valence-electron chi connectivity index (χ0n) is 21.2. The first-order valence-electron chi connectivity index (χ1n) is 12.9. The number of likely N-dealkylation sites (N-methyl/N-ethyl adjacent to an activating group) is 1. The van der Waals surface area contributed by atoms with Crippen molar-refractivity contribution in [2.75, 3.05) is 38.1 Å². The molecule has 1 saturated carbocycles. The zero-order valence-corrected chi connectivity index (χ0v) is 21.2. The largest absolute Gasteiger partial charge is 0.469 e. The van der Waals surface area contributed by atoms with Gasteiger partial charge in [-0.1, -0.05) is 24.3 Å². The van der Waals surface area contributed by atoms with Crippen LogP contribution in [0, 0.1) is 11.3 Å². The molecule has 6 rings (SSSR count). The normalized spacial score (nSPS) is 22.2. The molecule has 38 heavy (non-hydrogen) atoms. The van der Waals surface area contributed by atoms with Crippen LogP contribution in [0.15, 0.2) is 65.4 Å². The van der Waals surface area contributed by atoms with Gasteiger partial charge >= 0.3 is 0 Å². The Kier molecular flexibility index (Phi) is 6.10. The van der Waals surface area contributed by atoms with E-state index in [0.717, 1.165) is 54.5 Å². The van der Waals surface area contributed by atoms with Gasteiger partial charge in [0.1, 0.15) is 11.3 Å². The maximum absolute atomic E-state index is 12.7. The van der Waals surface area contributed by atoms with Crippen molar-refractivity contribution in [1.29, 1.82) is 5.26 Å². The van der Waals surface area contributed by atoms with Crippen molar-refractivity contribution in [2.24, 2.45) is 5.73 Å². The number of furan rings is 1. The molecule has 1 aliphatic carbocycles. The molecule has 4 aromatic rings. The Morgan fingerprint density at radius 3 is 2.66 bits per heavy atom. The van der Waals surface area contributed by atoms with Crippen LogP contribution in [0.4, 0.5) is 5.95 Å². The molecule has 10 heteroatoms. The molecule has 1 saturated heterocycles. The highest BCUT2D eigenvalue weighted by Crippen LogP contribution is 2.51. The minimum atomic E-state index is -0.932. The summed E-state index contributed by atoms with van der Waals surface area (Å²) in [5.74, 6) is 0.976. The summed E-state index contributed by atoms with van der Waals surface area (Å²) in [6.45, 7) is 3.85. The van der Waals surface area contributed by atoms with Crippen LogP contribution < -0.4 is 16.0 Å². The van der Waals surface area contributed by atoms with Crippen LogP contribution in [0.3, 0.4) is 0 Å². The van der Waals surface area contributed by atoms with Crippen LogP contribution in [0.5, 0.6) is 0 Å². The van der Waals surface area contributed by atoms with E-state index in [1.54, 1.807) is 18.4 Å². The fourth-order valence-corrected chi connectivity index (χ4v) is 5.10. The number of pyridine rings is 1. The number of rotatable bonds is 7. The van der Waals surface area contributed by atoms with Crippen molar-refractivity contribution >= 4 is 17.5 Å². The van der Waals surface area contributed by atoms with E-state index in [-0.39, 0.29) is 18.2 Å². The number of hydrogen-bond acceptors (Lipinski definition) is 8. The van der Waals surface area contributed by atoms with Gasteiger partial charge in [-0.15, -0.1) is 5.10 Å². The average molecular weight is 511 g/mol. The standard InChI is InChI=1S/C28H30N8O2/c1-34-10-12-35(13-11-34)27-31-25-9-8-21(17-36(25)33-27)19-4-6-20(7-5-19)23-16-28(23,18-29)32-26(37)24(30)15-22-3-2-14-38-22/h2-9,14,17,23-24H,10-13,15-16,30H2,1H3,(H,32,37)/t23-,24+,28+/m1/s1. The van der Waals surface area contributed by atoms with Crippen LogP contribution in [0.1, 0.15) is 23.7 Å². The number of aromatic nitrogens is 3. The molecular formula is C28H30N8O2. The monoisotopic (exact) mass is 510 g/mol. The van der Waals surface area contributed by atoms with E-state index in [2.05, 4.69) is 28.2 Å². The highest BCUT2D eigenvalue weighted by molar-refractivity contribution is 5.84. The van der Waals surface area contributed by atoms with Crippen molar-refractivity contribution in [1.82, 2.24) is 24.8 Å². The summed E-state index contributed by atoms with van der Waals surface area (Å²) >= 11 is 0. The Balaban J connectivity index is 1.13. The van der Waals surface area contributed by atoms with Crippen molar-refractivity contribution in [2.45, 2.75) is 30.3 Å². The maximum Gasteiger partial charge on any atom is 0.245 e. The molecule has 0 bridgehead atoms. The number of hydrogen-bond donors (Lipinski definition) is 2. The average Bonchev–Trinajstić information content (AvgIpc) is 3.23. The van der Waals surface area contributed by atoms with Crippen molar-refractivity contribution in [3.05, 3.63) is 72.3 Å². The van der Waals surface area contributed by atoms with Gasteiger partial charge in [-0.2, -0.15) is 10.2 Å². The number of benzene rings is 1.